The summed E-state index contributed by atoms with van der Waals surface area (Å²) in [6.07, 6.45) is 3.93. The lowest BCUT2D eigenvalue weighted by atomic mass is 10.2. The minimum Gasteiger partial charge on any atom is -0.367 e. The Kier molecular flexibility index (Phi) is 7.62. The van der Waals surface area contributed by atoms with Crippen LogP contribution >= 0.6 is 15.2 Å². The molecule has 0 aromatic heterocycles. The van der Waals surface area contributed by atoms with Crippen LogP contribution in [0.2, 0.25) is 0 Å². The molecule has 0 aliphatic rings. The van der Waals surface area contributed by atoms with Gasteiger partial charge in [-0.2, -0.15) is 0 Å². The van der Waals surface area contributed by atoms with E-state index in [1.807, 2.05) is 0 Å². The number of quaternary nitrogens is 1. The summed E-state index contributed by atoms with van der Waals surface area (Å²) in [5.74, 6) is 0. The molecule has 0 radical (unpaired) electrons. The highest BCUT2D eigenvalue weighted by molar-refractivity contribution is 7.72. The molecule has 0 unspecified atom stereocenters. The molecule has 0 spiro atoms. The van der Waals surface area contributed by atoms with E-state index in [0.717, 1.165) is 0 Å². The van der Waals surface area contributed by atoms with E-state index in [0.29, 0.717) is 19.6 Å². The van der Waals surface area contributed by atoms with Crippen molar-refractivity contribution in [3.8, 4) is 0 Å². The molecule has 0 saturated carbocycles. The summed E-state index contributed by atoms with van der Waals surface area (Å²) in [4.78, 5) is 36.6. The summed E-state index contributed by atoms with van der Waals surface area (Å²) in [7, 11) is -10.9. The lowest BCUT2D eigenvalue weighted by molar-refractivity contribution is -0.912. The fraction of sp³-hybridized carbons (Fsp3) is 0.500. The van der Waals surface area contributed by atoms with E-state index in [4.69, 9.17) is 19.6 Å². The Bertz CT molecular complexity index is 459. The van der Waals surface area contributed by atoms with Gasteiger partial charge in [0.15, 0.2) is 0 Å². The fourth-order valence-corrected chi connectivity index (χ4v) is 4.31. The lowest BCUT2D eigenvalue weighted by Crippen LogP contribution is -2.51. The van der Waals surface area contributed by atoms with Gasteiger partial charge >= 0.3 is 15.2 Å². The highest BCUT2D eigenvalue weighted by Crippen LogP contribution is 2.69. The van der Waals surface area contributed by atoms with Gasteiger partial charge in [-0.1, -0.05) is 19.7 Å². The maximum atomic E-state index is 11.4. The van der Waals surface area contributed by atoms with Gasteiger partial charge in [0, 0.05) is 6.42 Å². The van der Waals surface area contributed by atoms with Crippen LogP contribution in [-0.2, 0) is 9.13 Å². The molecular formula is C12H24NO7P2+. The lowest BCUT2D eigenvalue weighted by Gasteiger charge is -2.39. The van der Waals surface area contributed by atoms with Crippen molar-refractivity contribution in [2.75, 3.05) is 26.2 Å². The fourth-order valence-electron chi connectivity index (χ4n) is 2.17. The molecule has 0 saturated heterocycles. The van der Waals surface area contributed by atoms with Gasteiger partial charge in [0.2, 0.25) is 0 Å². The molecule has 128 valence electrons. The number of nitrogens with zero attached hydrogens (tertiary/aromatic N) is 1. The van der Waals surface area contributed by atoms with Gasteiger partial charge in [0.05, 0.1) is 26.2 Å². The van der Waals surface area contributed by atoms with Crippen molar-refractivity contribution in [1.29, 1.82) is 0 Å². The minimum atomic E-state index is -5.45. The third-order valence-corrected chi connectivity index (χ3v) is 7.28. The summed E-state index contributed by atoms with van der Waals surface area (Å²) in [5, 5.41) is 6.53. The van der Waals surface area contributed by atoms with E-state index in [2.05, 4.69) is 19.7 Å². The van der Waals surface area contributed by atoms with E-state index in [9.17, 15) is 14.2 Å². The zero-order chi connectivity index (χ0) is 17.7. The quantitative estimate of drug-likeness (QED) is 0.209. The third kappa shape index (κ3) is 4.98. The molecule has 0 bridgehead atoms. The first-order chi connectivity index (χ1) is 9.89. The molecule has 22 heavy (non-hydrogen) atoms. The van der Waals surface area contributed by atoms with Crippen molar-refractivity contribution in [2.24, 2.45) is 0 Å². The molecule has 0 fully saturated rings. The SMILES string of the molecule is C=CC[N+](CC=C)(CC=C)CCC(O)(P(=O)(O)O)P(=O)(O)O. The van der Waals surface area contributed by atoms with Crippen LogP contribution in [0.4, 0.5) is 0 Å². The number of rotatable bonds is 11. The van der Waals surface area contributed by atoms with E-state index in [-0.39, 0.29) is 11.0 Å². The van der Waals surface area contributed by atoms with Gasteiger partial charge in [-0.15, -0.1) is 0 Å². The molecule has 0 aliphatic heterocycles. The van der Waals surface area contributed by atoms with Crippen LogP contribution in [0, 0.1) is 0 Å². The molecule has 0 atom stereocenters. The maximum Gasteiger partial charge on any atom is 0.369 e. The summed E-state index contributed by atoms with van der Waals surface area (Å²) in [6.45, 7) is 11.8. The first kappa shape index (κ1) is 21.4. The van der Waals surface area contributed by atoms with Crippen LogP contribution in [0.1, 0.15) is 6.42 Å². The number of hydrogen-bond acceptors (Lipinski definition) is 3. The third-order valence-electron chi connectivity index (χ3n) is 3.40. The largest absolute Gasteiger partial charge is 0.369 e. The monoisotopic (exact) mass is 356 g/mol. The zero-order valence-electron chi connectivity index (χ0n) is 12.3. The van der Waals surface area contributed by atoms with Gasteiger partial charge in [-0.05, 0) is 18.2 Å². The topological polar surface area (TPSA) is 135 Å². The van der Waals surface area contributed by atoms with Crippen molar-refractivity contribution in [2.45, 2.75) is 11.5 Å². The van der Waals surface area contributed by atoms with Crippen molar-refractivity contribution in [3.05, 3.63) is 38.0 Å². The van der Waals surface area contributed by atoms with Crippen molar-refractivity contribution < 1.29 is 38.3 Å². The first-order valence-corrected chi connectivity index (χ1v) is 9.63. The van der Waals surface area contributed by atoms with E-state index >= 15 is 0 Å². The Morgan fingerprint density at radius 2 is 1.18 bits per heavy atom. The highest BCUT2D eigenvalue weighted by atomic mass is 31.2. The van der Waals surface area contributed by atoms with Gasteiger partial charge in [0.25, 0.3) is 5.08 Å². The summed E-state index contributed by atoms with van der Waals surface area (Å²) >= 11 is 0. The second kappa shape index (κ2) is 7.81. The Morgan fingerprint density at radius 1 is 0.864 bits per heavy atom. The molecule has 10 heteroatoms. The minimum absolute atomic E-state index is 0.100. The Labute approximate surface area is 130 Å². The van der Waals surface area contributed by atoms with Crippen molar-refractivity contribution in [3.63, 3.8) is 0 Å². The van der Waals surface area contributed by atoms with Crippen LogP contribution in [-0.4, -0.2) is 60.4 Å². The van der Waals surface area contributed by atoms with Gasteiger partial charge < -0.3 is 29.2 Å². The smallest absolute Gasteiger partial charge is 0.367 e. The van der Waals surface area contributed by atoms with Crippen LogP contribution in [0.25, 0.3) is 0 Å². The Morgan fingerprint density at radius 3 is 1.41 bits per heavy atom. The molecule has 0 aromatic carbocycles. The van der Waals surface area contributed by atoms with E-state index in [1.165, 1.54) is 0 Å². The second-order valence-corrected chi connectivity index (χ2v) is 9.10. The van der Waals surface area contributed by atoms with Gasteiger partial charge in [-0.3, -0.25) is 9.13 Å². The van der Waals surface area contributed by atoms with Crippen molar-refractivity contribution in [1.82, 2.24) is 0 Å². The van der Waals surface area contributed by atoms with E-state index in [1.54, 1.807) is 18.2 Å². The average molecular weight is 356 g/mol. The molecule has 0 rings (SSSR count). The van der Waals surface area contributed by atoms with Crippen LogP contribution in [0.5, 0.6) is 0 Å². The van der Waals surface area contributed by atoms with Crippen LogP contribution in [0.15, 0.2) is 38.0 Å². The normalized spacial score (nSPS) is 13.7. The standard InChI is InChI=1S/C12H23NO7P2/c1-4-8-13(9-5-2,10-6-3)11-7-12(14,21(15,16)17)22(18,19)20/h4-6,14H,1-3,7-11H2,(H3-,15,16,17,18,19,20)/p+1. The Balaban J connectivity index is 5.59. The predicted molar refractivity (Wildman–Crippen MR) is 84.0 cm³/mol. The molecule has 0 amide bonds. The number of aliphatic hydroxyl groups is 1. The molecule has 0 aromatic rings. The molecule has 0 aliphatic carbocycles. The van der Waals surface area contributed by atoms with Crippen LogP contribution < -0.4 is 0 Å². The summed E-state index contributed by atoms with van der Waals surface area (Å²) in [6, 6.07) is 0. The Hall–Kier alpha value is -0.560. The maximum absolute atomic E-state index is 11.4. The van der Waals surface area contributed by atoms with Gasteiger partial charge in [0.1, 0.15) is 0 Å². The van der Waals surface area contributed by atoms with Crippen molar-refractivity contribution >= 4 is 15.2 Å². The predicted octanol–water partition coefficient (Wildman–Crippen LogP) is 0.753. The summed E-state index contributed by atoms with van der Waals surface area (Å²) in [5.41, 5.74) is 0. The van der Waals surface area contributed by atoms with E-state index < -0.39 is 26.7 Å². The zero-order valence-corrected chi connectivity index (χ0v) is 14.1. The number of hydrogen-bond donors (Lipinski definition) is 5. The molecular weight excluding hydrogens is 332 g/mol. The second-order valence-electron chi connectivity index (χ2n) is 5.09. The van der Waals surface area contributed by atoms with Gasteiger partial charge in [-0.25, -0.2) is 0 Å². The molecule has 8 nitrogen and oxygen atoms in total. The highest BCUT2D eigenvalue weighted by Gasteiger charge is 2.60. The molecule has 5 N–H and O–H groups in total. The van der Waals surface area contributed by atoms with Crippen LogP contribution in [0.3, 0.4) is 0 Å². The molecule has 0 heterocycles. The summed E-state index contributed by atoms with van der Waals surface area (Å²) < 4.78 is 22.9. The average Bonchev–Trinajstić information content (AvgIpc) is 2.34. The first-order valence-electron chi connectivity index (χ1n) is 6.40.